The lowest BCUT2D eigenvalue weighted by Crippen LogP contribution is -2.45. The Balaban J connectivity index is 1.69. The molecule has 1 heterocycles. The predicted octanol–water partition coefficient (Wildman–Crippen LogP) is 1.93. The molecular weight excluding hydrogens is 212 g/mol. The van der Waals surface area contributed by atoms with Crippen LogP contribution in [0.15, 0.2) is 0 Å². The number of rotatable bonds is 3. The van der Waals surface area contributed by atoms with Crippen LogP contribution >= 0.6 is 0 Å². The van der Waals surface area contributed by atoms with E-state index in [1.54, 1.807) is 0 Å². The summed E-state index contributed by atoms with van der Waals surface area (Å²) in [4.78, 5) is 12.0. The molecule has 1 saturated carbocycles. The molecule has 2 fully saturated rings. The van der Waals surface area contributed by atoms with Crippen molar-refractivity contribution in [1.82, 2.24) is 10.6 Å². The van der Waals surface area contributed by atoms with Crippen LogP contribution in [0.2, 0.25) is 0 Å². The van der Waals surface area contributed by atoms with Gasteiger partial charge in [-0.05, 0) is 43.6 Å². The standard InChI is InChI=1S/C14H26N2O/c1-10-3-5-12(6-4-10)9-16-14(17)13-11(2)7-8-15-13/h10-13,15H,3-9H2,1-2H3,(H,16,17). The van der Waals surface area contributed by atoms with Gasteiger partial charge in [0.1, 0.15) is 0 Å². The summed E-state index contributed by atoms with van der Waals surface area (Å²) >= 11 is 0. The molecule has 2 unspecified atom stereocenters. The highest BCUT2D eigenvalue weighted by Gasteiger charge is 2.29. The normalized spacial score (nSPS) is 38.0. The molecule has 0 aromatic carbocycles. The minimum atomic E-state index is 0.0533. The molecule has 1 saturated heterocycles. The Kier molecular flexibility index (Phi) is 4.43. The first-order valence-corrected chi connectivity index (χ1v) is 7.18. The van der Waals surface area contributed by atoms with Crippen LogP contribution in [0.1, 0.15) is 46.0 Å². The Morgan fingerprint density at radius 1 is 1.18 bits per heavy atom. The van der Waals surface area contributed by atoms with E-state index < -0.39 is 0 Å². The van der Waals surface area contributed by atoms with Crippen LogP contribution in [0.5, 0.6) is 0 Å². The molecule has 1 amide bonds. The van der Waals surface area contributed by atoms with Crippen molar-refractivity contribution in [3.05, 3.63) is 0 Å². The molecule has 17 heavy (non-hydrogen) atoms. The molecule has 98 valence electrons. The lowest BCUT2D eigenvalue weighted by Gasteiger charge is -2.27. The van der Waals surface area contributed by atoms with Crippen LogP contribution < -0.4 is 10.6 Å². The molecule has 0 spiro atoms. The van der Waals surface area contributed by atoms with E-state index in [9.17, 15) is 4.79 Å². The van der Waals surface area contributed by atoms with E-state index in [0.29, 0.717) is 11.8 Å². The van der Waals surface area contributed by atoms with Gasteiger partial charge in [0, 0.05) is 6.54 Å². The zero-order chi connectivity index (χ0) is 12.3. The van der Waals surface area contributed by atoms with Gasteiger partial charge in [-0.2, -0.15) is 0 Å². The van der Waals surface area contributed by atoms with E-state index in [0.717, 1.165) is 25.4 Å². The Labute approximate surface area is 105 Å². The van der Waals surface area contributed by atoms with Crippen LogP contribution in [0.3, 0.4) is 0 Å². The molecule has 2 aliphatic rings. The van der Waals surface area contributed by atoms with Gasteiger partial charge in [-0.3, -0.25) is 4.79 Å². The molecule has 3 nitrogen and oxygen atoms in total. The highest BCUT2D eigenvalue weighted by atomic mass is 16.2. The smallest absolute Gasteiger partial charge is 0.237 e. The zero-order valence-electron chi connectivity index (χ0n) is 11.2. The first-order valence-electron chi connectivity index (χ1n) is 7.18. The summed E-state index contributed by atoms with van der Waals surface area (Å²) in [7, 11) is 0. The van der Waals surface area contributed by atoms with Gasteiger partial charge in [-0.15, -0.1) is 0 Å². The van der Waals surface area contributed by atoms with E-state index >= 15 is 0 Å². The van der Waals surface area contributed by atoms with Crippen molar-refractivity contribution in [2.75, 3.05) is 13.1 Å². The lowest BCUT2D eigenvalue weighted by molar-refractivity contribution is -0.123. The van der Waals surface area contributed by atoms with E-state index in [-0.39, 0.29) is 11.9 Å². The molecule has 2 rings (SSSR count). The molecule has 0 bridgehead atoms. The van der Waals surface area contributed by atoms with Gasteiger partial charge in [0.2, 0.25) is 5.91 Å². The molecule has 3 heteroatoms. The van der Waals surface area contributed by atoms with Crippen molar-refractivity contribution in [2.24, 2.45) is 17.8 Å². The van der Waals surface area contributed by atoms with Crippen LogP contribution in [0.4, 0.5) is 0 Å². The van der Waals surface area contributed by atoms with Crippen molar-refractivity contribution in [3.63, 3.8) is 0 Å². The Hall–Kier alpha value is -0.570. The lowest BCUT2D eigenvalue weighted by atomic mass is 9.83. The minimum absolute atomic E-state index is 0.0533. The van der Waals surface area contributed by atoms with Crippen LogP contribution in [-0.4, -0.2) is 25.0 Å². The zero-order valence-corrected chi connectivity index (χ0v) is 11.2. The van der Waals surface area contributed by atoms with Crippen molar-refractivity contribution in [2.45, 2.75) is 52.0 Å². The molecule has 0 aromatic rings. The van der Waals surface area contributed by atoms with Crippen LogP contribution in [0.25, 0.3) is 0 Å². The van der Waals surface area contributed by atoms with Gasteiger partial charge in [0.15, 0.2) is 0 Å². The SMILES string of the molecule is CC1CCC(CNC(=O)C2NCCC2C)CC1. The van der Waals surface area contributed by atoms with Gasteiger partial charge < -0.3 is 10.6 Å². The van der Waals surface area contributed by atoms with Crippen LogP contribution in [-0.2, 0) is 4.79 Å². The average molecular weight is 238 g/mol. The van der Waals surface area contributed by atoms with Crippen molar-refractivity contribution in [3.8, 4) is 0 Å². The second-order valence-corrected chi connectivity index (χ2v) is 6.07. The summed E-state index contributed by atoms with van der Waals surface area (Å²) in [5, 5.41) is 6.43. The fourth-order valence-corrected chi connectivity index (χ4v) is 3.07. The highest BCUT2D eigenvalue weighted by molar-refractivity contribution is 5.82. The summed E-state index contributed by atoms with van der Waals surface area (Å²) in [6, 6.07) is 0.0533. The Morgan fingerprint density at radius 3 is 2.47 bits per heavy atom. The van der Waals surface area contributed by atoms with Gasteiger partial charge >= 0.3 is 0 Å². The third-order valence-electron chi connectivity index (χ3n) is 4.52. The molecule has 1 aliphatic carbocycles. The Bertz CT molecular complexity index is 259. The summed E-state index contributed by atoms with van der Waals surface area (Å²) in [5.74, 6) is 2.31. The summed E-state index contributed by atoms with van der Waals surface area (Å²) < 4.78 is 0. The summed E-state index contributed by atoms with van der Waals surface area (Å²) in [5.41, 5.74) is 0. The van der Waals surface area contributed by atoms with Crippen molar-refractivity contribution in [1.29, 1.82) is 0 Å². The predicted molar refractivity (Wildman–Crippen MR) is 69.7 cm³/mol. The van der Waals surface area contributed by atoms with Gasteiger partial charge in [-0.1, -0.05) is 26.7 Å². The average Bonchev–Trinajstić information content (AvgIpc) is 2.74. The van der Waals surface area contributed by atoms with Gasteiger partial charge in [0.25, 0.3) is 0 Å². The third-order valence-corrected chi connectivity index (χ3v) is 4.52. The number of nitrogens with one attached hydrogen (secondary N) is 2. The number of carbonyl (C=O) groups is 1. The molecule has 1 aliphatic heterocycles. The molecule has 2 N–H and O–H groups in total. The maximum Gasteiger partial charge on any atom is 0.237 e. The molecular formula is C14H26N2O. The molecule has 0 aromatic heterocycles. The second kappa shape index (κ2) is 5.85. The third kappa shape index (κ3) is 3.44. The van der Waals surface area contributed by atoms with E-state index in [2.05, 4.69) is 24.5 Å². The van der Waals surface area contributed by atoms with Gasteiger partial charge in [0.05, 0.1) is 6.04 Å². The highest BCUT2D eigenvalue weighted by Crippen LogP contribution is 2.27. The fraction of sp³-hybridized carbons (Fsp3) is 0.929. The second-order valence-electron chi connectivity index (χ2n) is 6.07. The maximum absolute atomic E-state index is 12.0. The number of amides is 1. The Morgan fingerprint density at radius 2 is 1.88 bits per heavy atom. The number of hydrogen-bond acceptors (Lipinski definition) is 2. The summed E-state index contributed by atoms with van der Waals surface area (Å²) in [6.07, 6.45) is 6.36. The molecule has 0 radical (unpaired) electrons. The fourth-order valence-electron chi connectivity index (χ4n) is 3.07. The van der Waals surface area contributed by atoms with Gasteiger partial charge in [-0.25, -0.2) is 0 Å². The van der Waals surface area contributed by atoms with Crippen molar-refractivity contribution < 1.29 is 4.79 Å². The quantitative estimate of drug-likeness (QED) is 0.789. The molecule has 2 atom stereocenters. The van der Waals surface area contributed by atoms with Crippen molar-refractivity contribution >= 4 is 5.91 Å². The summed E-state index contributed by atoms with van der Waals surface area (Å²) in [6.45, 7) is 6.36. The van der Waals surface area contributed by atoms with E-state index in [1.165, 1.54) is 25.7 Å². The monoisotopic (exact) mass is 238 g/mol. The largest absolute Gasteiger partial charge is 0.354 e. The van der Waals surface area contributed by atoms with Crippen LogP contribution in [0, 0.1) is 17.8 Å². The number of hydrogen-bond donors (Lipinski definition) is 2. The van der Waals surface area contributed by atoms with E-state index in [1.807, 2.05) is 0 Å². The minimum Gasteiger partial charge on any atom is -0.354 e. The maximum atomic E-state index is 12.0. The first kappa shape index (κ1) is 12.9. The first-order chi connectivity index (χ1) is 8.16. The van der Waals surface area contributed by atoms with E-state index in [4.69, 9.17) is 0 Å². The topological polar surface area (TPSA) is 41.1 Å². The number of carbonyl (C=O) groups excluding carboxylic acids is 1.